The summed E-state index contributed by atoms with van der Waals surface area (Å²) in [7, 11) is 0. The Balaban J connectivity index is 0.000000211. The minimum atomic E-state index is -1.71. The maximum absolute atomic E-state index is 5.81. The Kier molecular flexibility index (Phi) is 11.0. The Hall–Kier alpha value is -0.673. The second-order valence-corrected chi connectivity index (χ2v) is 14.9. The summed E-state index contributed by atoms with van der Waals surface area (Å²) in [5, 5.41) is 5.39. The second kappa shape index (κ2) is 12.1. The van der Waals surface area contributed by atoms with E-state index in [4.69, 9.17) is 22.2 Å². The predicted molar refractivity (Wildman–Crippen MR) is 127 cm³/mol. The average molecular weight is 594 g/mol. The van der Waals surface area contributed by atoms with Gasteiger partial charge in [-0.15, -0.1) is 103 Å². The SMILES string of the molecule is CC[Si](Cl)(Cl)CC.Cc1cc2ccccc2[cH-]1.Cc1cc2ccccc2[cH-]1.[Hf]. The van der Waals surface area contributed by atoms with Gasteiger partial charge in [-0.3, -0.25) is 0 Å². The van der Waals surface area contributed by atoms with E-state index in [1.807, 2.05) is 13.8 Å². The molecule has 0 amide bonds. The van der Waals surface area contributed by atoms with Gasteiger partial charge in [0.25, 0.3) is 6.69 Å². The Morgan fingerprint density at radius 3 is 1.36 bits per heavy atom. The fraction of sp³-hybridized carbons (Fsp3) is 0.250. The molecule has 0 radical (unpaired) electrons. The van der Waals surface area contributed by atoms with Crippen molar-refractivity contribution in [3.63, 3.8) is 0 Å². The number of aryl methyl sites for hydroxylation is 2. The number of fused-ring (bicyclic) bond motifs is 2. The van der Waals surface area contributed by atoms with Gasteiger partial charge in [0.15, 0.2) is 0 Å². The topological polar surface area (TPSA) is 0 Å². The number of benzene rings is 2. The van der Waals surface area contributed by atoms with Crippen LogP contribution in [0, 0.1) is 13.8 Å². The molecule has 0 fully saturated rings. The molecule has 0 unspecified atom stereocenters. The van der Waals surface area contributed by atoms with Crippen LogP contribution >= 0.6 is 22.2 Å². The summed E-state index contributed by atoms with van der Waals surface area (Å²) >= 11 is 11.6. The van der Waals surface area contributed by atoms with Crippen LogP contribution in [0.25, 0.3) is 21.5 Å². The Morgan fingerprint density at radius 1 is 0.714 bits per heavy atom. The van der Waals surface area contributed by atoms with Crippen molar-refractivity contribution < 1.29 is 25.8 Å². The first-order chi connectivity index (χ1) is 12.8. The summed E-state index contributed by atoms with van der Waals surface area (Å²) in [5.41, 5.74) is 2.70. The van der Waals surface area contributed by atoms with Crippen molar-refractivity contribution in [1.29, 1.82) is 0 Å². The predicted octanol–water partition coefficient (Wildman–Crippen LogP) is 8.68. The molecule has 4 aromatic carbocycles. The molecule has 0 saturated carbocycles. The van der Waals surface area contributed by atoms with Crippen LogP contribution in [0.3, 0.4) is 0 Å². The van der Waals surface area contributed by atoms with Crippen molar-refractivity contribution in [3.05, 3.63) is 83.9 Å². The van der Waals surface area contributed by atoms with Crippen LogP contribution in [-0.2, 0) is 25.8 Å². The van der Waals surface area contributed by atoms with E-state index >= 15 is 0 Å². The minimum Gasteiger partial charge on any atom is -0.165 e. The largest absolute Gasteiger partial charge is 0.250 e. The van der Waals surface area contributed by atoms with Crippen molar-refractivity contribution in [2.24, 2.45) is 0 Å². The zero-order valence-electron chi connectivity index (χ0n) is 17.1. The molecule has 0 heterocycles. The van der Waals surface area contributed by atoms with Crippen molar-refractivity contribution >= 4 is 50.4 Å². The van der Waals surface area contributed by atoms with Gasteiger partial charge in [0.1, 0.15) is 0 Å². The van der Waals surface area contributed by atoms with Crippen LogP contribution in [-0.4, -0.2) is 6.69 Å². The molecule has 0 atom stereocenters. The first-order valence-corrected chi connectivity index (χ1v) is 13.9. The van der Waals surface area contributed by atoms with Crippen LogP contribution in [0.4, 0.5) is 0 Å². The third-order valence-corrected chi connectivity index (χ3v) is 9.84. The Labute approximate surface area is 198 Å². The van der Waals surface area contributed by atoms with Crippen LogP contribution in [0.15, 0.2) is 72.8 Å². The van der Waals surface area contributed by atoms with E-state index in [-0.39, 0.29) is 25.8 Å². The smallest absolute Gasteiger partial charge is 0.165 e. The third kappa shape index (κ3) is 7.98. The van der Waals surface area contributed by atoms with E-state index in [2.05, 4.69) is 86.6 Å². The maximum Gasteiger partial charge on any atom is 0.250 e. The number of hydrogen-bond donors (Lipinski definition) is 0. The Morgan fingerprint density at radius 2 is 1.07 bits per heavy atom. The molecule has 28 heavy (non-hydrogen) atoms. The maximum atomic E-state index is 5.81. The summed E-state index contributed by atoms with van der Waals surface area (Å²) in [6.07, 6.45) is 0. The molecule has 0 nitrogen and oxygen atoms in total. The molecule has 4 rings (SSSR count). The molecule has 0 aliphatic heterocycles. The molecule has 4 aromatic rings. The van der Waals surface area contributed by atoms with E-state index < -0.39 is 6.69 Å². The summed E-state index contributed by atoms with van der Waals surface area (Å²) in [4.78, 5) is 0. The van der Waals surface area contributed by atoms with Crippen molar-refractivity contribution in [1.82, 2.24) is 0 Å². The summed E-state index contributed by atoms with van der Waals surface area (Å²) in [6, 6.07) is 27.6. The van der Waals surface area contributed by atoms with Gasteiger partial charge in [-0.25, -0.2) is 0 Å². The molecule has 4 heteroatoms. The van der Waals surface area contributed by atoms with Gasteiger partial charge >= 0.3 is 0 Å². The van der Waals surface area contributed by atoms with Crippen LogP contribution in [0.2, 0.25) is 12.1 Å². The van der Waals surface area contributed by atoms with Gasteiger partial charge in [0.2, 0.25) is 0 Å². The van der Waals surface area contributed by atoms with E-state index in [1.54, 1.807) is 0 Å². The molecule has 0 spiro atoms. The minimum absolute atomic E-state index is 0. The molecule has 0 aliphatic rings. The molecule has 0 aromatic heterocycles. The van der Waals surface area contributed by atoms with Gasteiger partial charge < -0.3 is 0 Å². The van der Waals surface area contributed by atoms with Gasteiger partial charge in [-0.05, 0) is 12.1 Å². The Bertz CT molecular complexity index is 825. The molecular formula is C24H28Cl2HfSi-2. The second-order valence-electron chi connectivity index (χ2n) is 6.89. The number of rotatable bonds is 2. The molecular weight excluding hydrogens is 566 g/mol. The van der Waals surface area contributed by atoms with E-state index in [1.165, 1.54) is 32.7 Å². The van der Waals surface area contributed by atoms with E-state index in [9.17, 15) is 0 Å². The first-order valence-electron chi connectivity index (χ1n) is 9.46. The molecule has 0 aliphatic carbocycles. The van der Waals surface area contributed by atoms with Crippen molar-refractivity contribution in [2.75, 3.05) is 0 Å². The van der Waals surface area contributed by atoms with Crippen LogP contribution in [0.1, 0.15) is 25.0 Å². The zero-order valence-corrected chi connectivity index (χ0v) is 23.2. The quantitative estimate of drug-likeness (QED) is 0.124. The van der Waals surface area contributed by atoms with E-state index in [0.29, 0.717) is 0 Å². The number of hydrogen-bond acceptors (Lipinski definition) is 0. The van der Waals surface area contributed by atoms with Gasteiger partial charge in [0.05, 0.1) is 0 Å². The van der Waals surface area contributed by atoms with Gasteiger partial charge in [-0.1, -0.05) is 39.8 Å². The monoisotopic (exact) mass is 594 g/mol. The molecule has 0 saturated heterocycles. The van der Waals surface area contributed by atoms with Crippen LogP contribution in [0.5, 0.6) is 0 Å². The normalized spacial score (nSPS) is 10.5. The van der Waals surface area contributed by atoms with Crippen LogP contribution < -0.4 is 0 Å². The first kappa shape index (κ1) is 25.4. The van der Waals surface area contributed by atoms with Crippen molar-refractivity contribution in [2.45, 2.75) is 39.8 Å². The standard InChI is InChI=1S/2C10H9.C4H10Cl2Si.Hf/c2*1-8-6-9-4-2-3-5-10(9)7-8;1-3-7(5,6)4-2;/h2*2-7H,1H3;3-4H2,1-2H3;/q2*-1;;. The van der Waals surface area contributed by atoms with Gasteiger partial charge in [0, 0.05) is 25.8 Å². The summed E-state index contributed by atoms with van der Waals surface area (Å²) in [6.45, 7) is 6.62. The van der Waals surface area contributed by atoms with Gasteiger partial charge in [-0.2, -0.15) is 12.1 Å². The van der Waals surface area contributed by atoms with Crippen molar-refractivity contribution in [3.8, 4) is 0 Å². The summed E-state index contributed by atoms with van der Waals surface area (Å²) < 4.78 is 0. The fourth-order valence-electron chi connectivity index (χ4n) is 2.86. The molecule has 148 valence electrons. The molecule has 0 N–H and O–H groups in total. The summed E-state index contributed by atoms with van der Waals surface area (Å²) in [5.74, 6) is 0. The molecule has 0 bridgehead atoms. The fourth-order valence-corrected chi connectivity index (χ4v) is 3.36. The zero-order chi connectivity index (χ0) is 19.9. The third-order valence-electron chi connectivity index (χ3n) is 4.56. The van der Waals surface area contributed by atoms with E-state index in [0.717, 1.165) is 12.1 Å². The average Bonchev–Trinajstić information content (AvgIpc) is 3.23. The number of halogens is 2.